The molecule has 1 aromatic rings. The van der Waals surface area contributed by atoms with E-state index >= 15 is 0 Å². The van der Waals surface area contributed by atoms with E-state index in [4.69, 9.17) is 4.42 Å². The molecule has 21 heavy (non-hydrogen) atoms. The number of rotatable bonds is 1. The first kappa shape index (κ1) is 16.1. The topological polar surface area (TPSA) is 53.8 Å². The Balaban J connectivity index is 2.26. The van der Waals surface area contributed by atoms with Gasteiger partial charge in [-0.15, -0.1) is 0 Å². The minimum absolute atomic E-state index is 0.169. The number of nitrogens with zero attached hydrogens (tertiary/aromatic N) is 2. The van der Waals surface area contributed by atoms with Crippen molar-refractivity contribution in [1.29, 1.82) is 0 Å². The summed E-state index contributed by atoms with van der Waals surface area (Å²) in [5.74, 6) is -0.231. The summed E-state index contributed by atoms with van der Waals surface area (Å²) in [4.78, 5) is 28.4. The van der Waals surface area contributed by atoms with Gasteiger partial charge in [0.1, 0.15) is 0 Å². The lowest BCUT2D eigenvalue weighted by Gasteiger charge is -2.38. The molecule has 6 heteroatoms. The van der Waals surface area contributed by atoms with Crippen LogP contribution in [0.1, 0.15) is 50.6 Å². The number of imide groups is 1. The standard InChI is InChI=1S/C15H21BrN2O3/c1-15(2,3)18(13(19)11-7-8-12(16)21-11)14(20)17-9-5-4-6-10-17/h7-8H,4-6,9-10H2,1-3H3. The lowest BCUT2D eigenvalue weighted by molar-refractivity contribution is 0.0561. The third-order valence-electron chi connectivity index (χ3n) is 3.48. The van der Waals surface area contributed by atoms with Crippen LogP contribution in [0.5, 0.6) is 0 Å². The van der Waals surface area contributed by atoms with E-state index in [-0.39, 0.29) is 11.8 Å². The average molecular weight is 357 g/mol. The van der Waals surface area contributed by atoms with Gasteiger partial charge in [-0.3, -0.25) is 9.69 Å². The molecule has 0 aromatic carbocycles. The molecule has 2 rings (SSSR count). The maximum absolute atomic E-state index is 12.7. The number of hydrogen-bond donors (Lipinski definition) is 0. The number of amides is 3. The molecule has 116 valence electrons. The van der Waals surface area contributed by atoms with Gasteiger partial charge in [-0.1, -0.05) is 0 Å². The van der Waals surface area contributed by atoms with Crippen molar-refractivity contribution < 1.29 is 14.0 Å². The number of halogens is 1. The monoisotopic (exact) mass is 356 g/mol. The van der Waals surface area contributed by atoms with E-state index in [9.17, 15) is 9.59 Å². The van der Waals surface area contributed by atoms with Gasteiger partial charge in [0.15, 0.2) is 10.4 Å². The van der Waals surface area contributed by atoms with Crippen LogP contribution in [-0.2, 0) is 0 Å². The van der Waals surface area contributed by atoms with E-state index in [1.807, 2.05) is 20.8 Å². The van der Waals surface area contributed by atoms with E-state index in [0.717, 1.165) is 19.3 Å². The number of carbonyl (C=O) groups is 2. The molecule has 0 spiro atoms. The van der Waals surface area contributed by atoms with Crippen molar-refractivity contribution in [2.45, 2.75) is 45.6 Å². The molecule has 1 aliphatic heterocycles. The highest BCUT2D eigenvalue weighted by Crippen LogP contribution is 2.23. The molecule has 0 radical (unpaired) electrons. The van der Waals surface area contributed by atoms with Crippen LogP contribution in [0.15, 0.2) is 21.2 Å². The summed E-state index contributed by atoms with van der Waals surface area (Å²) in [6.07, 6.45) is 3.12. The van der Waals surface area contributed by atoms with Crippen LogP contribution in [0.25, 0.3) is 0 Å². The minimum atomic E-state index is -0.606. The highest BCUT2D eigenvalue weighted by atomic mass is 79.9. The minimum Gasteiger partial charge on any atom is -0.444 e. The van der Waals surface area contributed by atoms with Crippen molar-refractivity contribution >= 4 is 27.9 Å². The van der Waals surface area contributed by atoms with Crippen LogP contribution in [0.3, 0.4) is 0 Å². The zero-order chi connectivity index (χ0) is 15.6. The first-order valence-corrected chi connectivity index (χ1v) is 7.99. The molecule has 0 bridgehead atoms. The van der Waals surface area contributed by atoms with Crippen molar-refractivity contribution in [1.82, 2.24) is 9.80 Å². The molecule has 1 fully saturated rings. The molecule has 0 saturated carbocycles. The van der Waals surface area contributed by atoms with Crippen molar-refractivity contribution in [2.75, 3.05) is 13.1 Å². The molecule has 0 N–H and O–H groups in total. The van der Waals surface area contributed by atoms with Gasteiger partial charge >= 0.3 is 6.03 Å². The molecule has 0 aliphatic carbocycles. The molecule has 0 atom stereocenters. The summed E-state index contributed by atoms with van der Waals surface area (Å²) in [6, 6.07) is 2.99. The van der Waals surface area contributed by atoms with Gasteiger partial charge in [0, 0.05) is 18.6 Å². The maximum atomic E-state index is 12.7. The molecule has 2 heterocycles. The fraction of sp³-hybridized carbons (Fsp3) is 0.600. The van der Waals surface area contributed by atoms with Crippen LogP contribution in [-0.4, -0.2) is 40.4 Å². The fourth-order valence-electron chi connectivity index (χ4n) is 2.44. The fourth-order valence-corrected chi connectivity index (χ4v) is 2.75. The van der Waals surface area contributed by atoms with Gasteiger partial charge in [-0.2, -0.15) is 0 Å². The summed E-state index contributed by atoms with van der Waals surface area (Å²) < 4.78 is 5.79. The van der Waals surface area contributed by atoms with Gasteiger partial charge in [-0.05, 0) is 68.1 Å². The zero-order valence-corrected chi connectivity index (χ0v) is 14.3. The first-order chi connectivity index (χ1) is 9.80. The Bertz CT molecular complexity index is 527. The largest absolute Gasteiger partial charge is 0.444 e. The van der Waals surface area contributed by atoms with Crippen molar-refractivity contribution in [3.63, 3.8) is 0 Å². The Morgan fingerprint density at radius 3 is 2.29 bits per heavy atom. The number of likely N-dealkylation sites (tertiary alicyclic amines) is 1. The van der Waals surface area contributed by atoms with Crippen molar-refractivity contribution in [3.05, 3.63) is 22.6 Å². The van der Waals surface area contributed by atoms with Crippen LogP contribution >= 0.6 is 15.9 Å². The third kappa shape index (κ3) is 3.67. The van der Waals surface area contributed by atoms with E-state index < -0.39 is 11.4 Å². The molecular formula is C15H21BrN2O3. The zero-order valence-electron chi connectivity index (χ0n) is 12.7. The second kappa shape index (κ2) is 6.22. The number of carbonyl (C=O) groups excluding carboxylic acids is 2. The highest BCUT2D eigenvalue weighted by Gasteiger charge is 2.37. The Labute approximate surface area is 133 Å². The van der Waals surface area contributed by atoms with Crippen LogP contribution in [0, 0.1) is 0 Å². The lowest BCUT2D eigenvalue weighted by Crippen LogP contribution is -2.55. The van der Waals surface area contributed by atoms with Crippen LogP contribution < -0.4 is 0 Å². The molecule has 1 aliphatic rings. The Morgan fingerprint density at radius 1 is 1.19 bits per heavy atom. The maximum Gasteiger partial charge on any atom is 0.327 e. The molecule has 3 amide bonds. The predicted molar refractivity (Wildman–Crippen MR) is 83.2 cm³/mol. The Morgan fingerprint density at radius 2 is 1.81 bits per heavy atom. The summed E-state index contributed by atoms with van der Waals surface area (Å²) >= 11 is 3.18. The van der Waals surface area contributed by atoms with Crippen LogP contribution in [0.4, 0.5) is 4.79 Å². The predicted octanol–water partition coefficient (Wildman–Crippen LogP) is 3.89. The number of furan rings is 1. The number of urea groups is 1. The van der Waals surface area contributed by atoms with Crippen molar-refractivity contribution in [2.24, 2.45) is 0 Å². The molecule has 1 aromatic heterocycles. The average Bonchev–Trinajstić information content (AvgIpc) is 2.85. The second-order valence-electron chi connectivity index (χ2n) is 6.25. The first-order valence-electron chi connectivity index (χ1n) is 7.19. The van der Waals surface area contributed by atoms with Gasteiger partial charge < -0.3 is 9.32 Å². The molecule has 1 saturated heterocycles. The smallest absolute Gasteiger partial charge is 0.327 e. The van der Waals surface area contributed by atoms with E-state index in [2.05, 4.69) is 15.9 Å². The number of piperidine rings is 1. The van der Waals surface area contributed by atoms with Gasteiger partial charge in [0.25, 0.3) is 5.91 Å². The summed E-state index contributed by atoms with van der Waals surface area (Å²) in [5, 5.41) is 0. The number of hydrogen-bond acceptors (Lipinski definition) is 3. The van der Waals surface area contributed by atoms with Crippen LogP contribution in [0.2, 0.25) is 0 Å². The molecule has 0 unspecified atom stereocenters. The molecule has 5 nitrogen and oxygen atoms in total. The third-order valence-corrected chi connectivity index (χ3v) is 3.90. The second-order valence-corrected chi connectivity index (χ2v) is 7.03. The van der Waals surface area contributed by atoms with Gasteiger partial charge in [-0.25, -0.2) is 4.79 Å². The Kier molecular flexibility index (Phi) is 4.76. The van der Waals surface area contributed by atoms with Gasteiger partial charge in [0.05, 0.1) is 0 Å². The summed E-state index contributed by atoms with van der Waals surface area (Å²) in [6.45, 7) is 6.97. The summed E-state index contributed by atoms with van der Waals surface area (Å²) in [5.41, 5.74) is -0.606. The van der Waals surface area contributed by atoms with Crippen molar-refractivity contribution in [3.8, 4) is 0 Å². The lowest BCUT2D eigenvalue weighted by atomic mass is 10.1. The summed E-state index contributed by atoms with van der Waals surface area (Å²) in [7, 11) is 0. The molecular weight excluding hydrogens is 336 g/mol. The van der Waals surface area contributed by atoms with E-state index in [0.29, 0.717) is 17.8 Å². The quantitative estimate of drug-likeness (QED) is 0.766. The Hall–Kier alpha value is -1.30. The normalized spacial score (nSPS) is 15.9. The van der Waals surface area contributed by atoms with E-state index in [1.54, 1.807) is 17.0 Å². The highest BCUT2D eigenvalue weighted by molar-refractivity contribution is 9.10. The SMILES string of the molecule is CC(C)(C)N(C(=O)c1ccc(Br)o1)C(=O)N1CCCCC1. The van der Waals surface area contributed by atoms with Gasteiger partial charge in [0.2, 0.25) is 0 Å². The van der Waals surface area contributed by atoms with E-state index in [1.165, 1.54) is 4.90 Å².